The van der Waals surface area contributed by atoms with Gasteiger partial charge in [-0.1, -0.05) is 0 Å². The third-order valence-corrected chi connectivity index (χ3v) is 5.40. The number of aromatic amines is 1. The molecule has 3 rings (SSSR count). The molecule has 34 heavy (non-hydrogen) atoms. The van der Waals surface area contributed by atoms with Crippen molar-refractivity contribution >= 4 is 17.4 Å². The Hall–Kier alpha value is -3.66. The van der Waals surface area contributed by atoms with Crippen molar-refractivity contribution in [2.24, 2.45) is 0 Å². The molecule has 1 aliphatic rings. The zero-order chi connectivity index (χ0) is 24.7. The van der Waals surface area contributed by atoms with Crippen LogP contribution in [0.4, 0.5) is 24.7 Å². The molecule has 10 nitrogen and oxygen atoms in total. The maximum absolute atomic E-state index is 13.2. The predicted molar refractivity (Wildman–Crippen MR) is 116 cm³/mol. The van der Waals surface area contributed by atoms with Crippen molar-refractivity contribution in [2.45, 2.75) is 12.6 Å². The van der Waals surface area contributed by atoms with E-state index in [1.54, 1.807) is 22.1 Å². The van der Waals surface area contributed by atoms with Gasteiger partial charge in [-0.2, -0.15) is 23.5 Å². The molecular formula is C21H24F3N7O3. The number of H-pyrrole nitrogens is 1. The monoisotopic (exact) mass is 479 g/mol. The minimum Gasteiger partial charge on any atom is -0.379 e. The normalized spacial score (nSPS) is 14.1. The van der Waals surface area contributed by atoms with Gasteiger partial charge in [-0.05, 0) is 12.1 Å². The van der Waals surface area contributed by atoms with Crippen LogP contribution in [0.25, 0.3) is 0 Å². The van der Waals surface area contributed by atoms with Crippen LogP contribution in [0.3, 0.4) is 0 Å². The van der Waals surface area contributed by atoms with E-state index >= 15 is 0 Å². The van der Waals surface area contributed by atoms with Gasteiger partial charge >= 0.3 is 6.18 Å². The summed E-state index contributed by atoms with van der Waals surface area (Å²) in [5, 5.41) is 14.1. The van der Waals surface area contributed by atoms with Crippen molar-refractivity contribution in [3.05, 3.63) is 46.0 Å². The van der Waals surface area contributed by atoms with E-state index in [4.69, 9.17) is 10.00 Å². The van der Waals surface area contributed by atoms with Gasteiger partial charge in [0, 0.05) is 46.0 Å². The number of hydrogen-bond acceptors (Lipinski definition) is 8. The number of anilines is 2. The van der Waals surface area contributed by atoms with Gasteiger partial charge < -0.3 is 19.4 Å². The number of rotatable bonds is 8. The van der Waals surface area contributed by atoms with Crippen molar-refractivity contribution in [1.82, 2.24) is 20.1 Å². The van der Waals surface area contributed by atoms with Crippen LogP contribution in [0.1, 0.15) is 17.5 Å². The first-order chi connectivity index (χ1) is 16.2. The number of carbonyl (C=O) groups excluding carboxylic acids is 1. The summed E-state index contributed by atoms with van der Waals surface area (Å²) in [6, 6.07) is 5.50. The van der Waals surface area contributed by atoms with Crippen LogP contribution in [-0.2, 0) is 15.7 Å². The molecule has 0 saturated carbocycles. The number of carbonyl (C=O) groups is 1. The zero-order valence-corrected chi connectivity index (χ0v) is 18.5. The van der Waals surface area contributed by atoms with Crippen LogP contribution in [0.2, 0.25) is 0 Å². The van der Waals surface area contributed by atoms with Crippen LogP contribution in [0.15, 0.2) is 29.3 Å². The van der Waals surface area contributed by atoms with E-state index in [1.165, 1.54) is 18.1 Å². The number of halogens is 3. The Morgan fingerprint density at radius 1 is 1.24 bits per heavy atom. The lowest BCUT2D eigenvalue weighted by Crippen LogP contribution is -2.49. The van der Waals surface area contributed by atoms with Gasteiger partial charge in [0.1, 0.15) is 17.5 Å². The number of pyridine rings is 1. The molecule has 0 spiro atoms. The Balaban J connectivity index is 1.39. The van der Waals surface area contributed by atoms with Gasteiger partial charge in [-0.15, -0.1) is 0 Å². The molecule has 2 aromatic rings. The van der Waals surface area contributed by atoms with Crippen molar-refractivity contribution in [2.75, 3.05) is 62.8 Å². The van der Waals surface area contributed by atoms with E-state index in [0.717, 1.165) is 12.0 Å². The van der Waals surface area contributed by atoms with Gasteiger partial charge in [0.15, 0.2) is 0 Å². The second-order valence-corrected chi connectivity index (χ2v) is 7.63. The Morgan fingerprint density at radius 3 is 2.59 bits per heavy atom. The average Bonchev–Trinajstić information content (AvgIpc) is 2.82. The summed E-state index contributed by atoms with van der Waals surface area (Å²) in [5.74, 6) is 0.682. The lowest BCUT2D eigenvalue weighted by Gasteiger charge is -2.35. The summed E-state index contributed by atoms with van der Waals surface area (Å²) >= 11 is 0. The summed E-state index contributed by atoms with van der Waals surface area (Å²) in [6.07, 6.45) is -2.20. The Kier molecular flexibility index (Phi) is 8.06. The highest BCUT2D eigenvalue weighted by Crippen LogP contribution is 2.32. The van der Waals surface area contributed by atoms with Crippen molar-refractivity contribution in [1.29, 1.82) is 5.26 Å². The largest absolute Gasteiger partial charge is 0.423 e. The van der Waals surface area contributed by atoms with E-state index in [0.29, 0.717) is 31.7 Å². The van der Waals surface area contributed by atoms with Crippen LogP contribution in [-0.4, -0.2) is 79.0 Å². The van der Waals surface area contributed by atoms with E-state index in [1.807, 2.05) is 11.0 Å². The number of amides is 1. The molecule has 0 unspecified atom stereocenters. The molecule has 2 aromatic heterocycles. The fourth-order valence-corrected chi connectivity index (χ4v) is 3.52. The minimum absolute atomic E-state index is 0.0704. The molecule has 0 radical (unpaired) electrons. The topological polar surface area (TPSA) is 118 Å². The molecular weight excluding hydrogens is 455 g/mol. The standard InChI is InChI=1S/C21H24F3N7O3/c1-29(16-14-27-28-20(33)19(16)21(22,23)24)9-11-34-10-4-18(32)31-7-5-30(6-8-31)17-3-2-15(12-25)13-26-17/h2-3,13-14H,4-11H2,1H3,(H,28,33). The number of alkyl halides is 3. The van der Waals surface area contributed by atoms with E-state index in [9.17, 15) is 22.8 Å². The molecule has 0 aromatic carbocycles. The Labute approximate surface area is 193 Å². The van der Waals surface area contributed by atoms with Crippen molar-refractivity contribution in [3.63, 3.8) is 0 Å². The predicted octanol–water partition coefficient (Wildman–Crippen LogP) is 1.25. The van der Waals surface area contributed by atoms with E-state index in [2.05, 4.69) is 10.1 Å². The molecule has 0 atom stereocenters. The first-order valence-corrected chi connectivity index (χ1v) is 10.5. The van der Waals surface area contributed by atoms with E-state index in [-0.39, 0.29) is 37.8 Å². The molecule has 1 saturated heterocycles. The fraction of sp³-hybridized carbons (Fsp3) is 0.476. The van der Waals surface area contributed by atoms with Gasteiger partial charge in [0.25, 0.3) is 5.56 Å². The van der Waals surface area contributed by atoms with Gasteiger partial charge in [-0.3, -0.25) is 9.59 Å². The Morgan fingerprint density at radius 2 is 1.97 bits per heavy atom. The van der Waals surface area contributed by atoms with Crippen LogP contribution in [0.5, 0.6) is 0 Å². The van der Waals surface area contributed by atoms with Crippen LogP contribution < -0.4 is 15.4 Å². The summed E-state index contributed by atoms with van der Waals surface area (Å²) < 4.78 is 44.9. The van der Waals surface area contributed by atoms with Crippen molar-refractivity contribution in [3.8, 4) is 6.07 Å². The number of ether oxygens (including phenoxy) is 1. The first kappa shape index (κ1) is 25.0. The molecule has 0 bridgehead atoms. The second kappa shape index (κ2) is 11.0. The summed E-state index contributed by atoms with van der Waals surface area (Å²) in [6.45, 7) is 2.57. The summed E-state index contributed by atoms with van der Waals surface area (Å²) in [4.78, 5) is 33.3. The number of hydrogen-bond donors (Lipinski definition) is 1. The Bertz CT molecular complexity index is 1070. The third kappa shape index (κ3) is 6.22. The number of piperazine rings is 1. The molecule has 1 fully saturated rings. The molecule has 1 amide bonds. The molecule has 0 aliphatic carbocycles. The first-order valence-electron chi connectivity index (χ1n) is 10.5. The number of nitrogens with one attached hydrogen (secondary N) is 1. The number of nitriles is 1. The molecule has 182 valence electrons. The SMILES string of the molecule is CN(CCOCCC(=O)N1CCN(c2ccc(C#N)cn2)CC1)c1cn[nH]c(=O)c1C(F)(F)F. The second-order valence-electron chi connectivity index (χ2n) is 7.63. The number of likely N-dealkylation sites (N-methyl/N-ethyl adjacent to an activating group) is 1. The highest BCUT2D eigenvalue weighted by molar-refractivity contribution is 5.76. The maximum atomic E-state index is 13.2. The van der Waals surface area contributed by atoms with Crippen molar-refractivity contribution < 1.29 is 22.7 Å². The highest BCUT2D eigenvalue weighted by atomic mass is 19.4. The lowest BCUT2D eigenvalue weighted by molar-refractivity contribution is -0.138. The van der Waals surface area contributed by atoms with Gasteiger partial charge in [0.05, 0.1) is 37.1 Å². The van der Waals surface area contributed by atoms with E-state index < -0.39 is 17.3 Å². The average molecular weight is 479 g/mol. The summed E-state index contributed by atoms with van der Waals surface area (Å²) in [7, 11) is 1.41. The van der Waals surface area contributed by atoms with Crippen LogP contribution >= 0.6 is 0 Å². The maximum Gasteiger partial charge on any atom is 0.423 e. The number of aromatic nitrogens is 3. The van der Waals surface area contributed by atoms with Crippen LogP contribution in [0, 0.1) is 11.3 Å². The quantitative estimate of drug-likeness (QED) is 0.562. The molecule has 13 heteroatoms. The number of nitrogens with zero attached hydrogens (tertiary/aromatic N) is 6. The summed E-state index contributed by atoms with van der Waals surface area (Å²) in [5.41, 5.74) is -2.47. The molecule has 1 N–H and O–H groups in total. The third-order valence-electron chi connectivity index (χ3n) is 5.40. The smallest absolute Gasteiger partial charge is 0.379 e. The zero-order valence-electron chi connectivity index (χ0n) is 18.5. The van der Waals surface area contributed by atoms with Gasteiger partial charge in [-0.25, -0.2) is 10.1 Å². The lowest BCUT2D eigenvalue weighted by atomic mass is 10.2. The highest BCUT2D eigenvalue weighted by Gasteiger charge is 2.38. The fourth-order valence-electron chi connectivity index (χ4n) is 3.52. The minimum atomic E-state index is -4.81. The molecule has 1 aliphatic heterocycles. The van der Waals surface area contributed by atoms with Gasteiger partial charge in [0.2, 0.25) is 5.91 Å². The molecule has 3 heterocycles.